The molecule has 0 saturated heterocycles. The molecule has 29 heavy (non-hydrogen) atoms. The molecule has 4 rings (SSSR count). The number of aliphatic carboxylic acids is 1. The standard InChI is InChI=1S/C14H13FN6O.C2HF3O2/c15-10-5-9(3-4-11(10)21-7-17-6-18-21)14-19-13(20-22-14)12(16)8-1-2-8;3-2(4,5)1(6)7/h3-8,12H,1-2,16H2;(H,6,7). The maximum absolute atomic E-state index is 14.2. The maximum atomic E-state index is 14.2. The summed E-state index contributed by atoms with van der Waals surface area (Å²) in [5.74, 6) is -2.05. The molecule has 1 unspecified atom stereocenters. The van der Waals surface area contributed by atoms with E-state index in [9.17, 15) is 17.6 Å². The van der Waals surface area contributed by atoms with E-state index < -0.39 is 18.0 Å². The van der Waals surface area contributed by atoms with Crippen molar-refractivity contribution in [2.75, 3.05) is 0 Å². The molecular weight excluding hydrogens is 400 g/mol. The van der Waals surface area contributed by atoms with Crippen molar-refractivity contribution in [1.29, 1.82) is 0 Å². The summed E-state index contributed by atoms with van der Waals surface area (Å²) in [6, 6.07) is 4.40. The molecule has 0 bridgehead atoms. The van der Waals surface area contributed by atoms with Crippen LogP contribution < -0.4 is 5.73 Å². The van der Waals surface area contributed by atoms with Crippen LogP contribution in [0.1, 0.15) is 24.7 Å². The molecule has 1 aliphatic rings. The molecule has 2 heterocycles. The molecule has 1 fully saturated rings. The zero-order valence-corrected chi connectivity index (χ0v) is 14.5. The van der Waals surface area contributed by atoms with Crippen LogP contribution in [0.4, 0.5) is 17.6 Å². The molecule has 1 atom stereocenters. The summed E-state index contributed by atoms with van der Waals surface area (Å²) in [5, 5.41) is 14.9. The van der Waals surface area contributed by atoms with Gasteiger partial charge in [-0.2, -0.15) is 23.3 Å². The minimum absolute atomic E-state index is 0.211. The lowest BCUT2D eigenvalue weighted by Gasteiger charge is -2.03. The highest BCUT2D eigenvalue weighted by molar-refractivity contribution is 5.73. The lowest BCUT2D eigenvalue weighted by Crippen LogP contribution is -2.21. The van der Waals surface area contributed by atoms with Crippen molar-refractivity contribution < 1.29 is 32.0 Å². The van der Waals surface area contributed by atoms with E-state index in [1.54, 1.807) is 12.1 Å². The van der Waals surface area contributed by atoms with Gasteiger partial charge in [0.15, 0.2) is 5.82 Å². The van der Waals surface area contributed by atoms with Gasteiger partial charge in [0, 0.05) is 5.56 Å². The summed E-state index contributed by atoms with van der Waals surface area (Å²) in [7, 11) is 0. The van der Waals surface area contributed by atoms with E-state index in [0.29, 0.717) is 23.0 Å². The van der Waals surface area contributed by atoms with Crippen molar-refractivity contribution in [1.82, 2.24) is 24.9 Å². The highest BCUT2D eigenvalue weighted by atomic mass is 19.4. The van der Waals surface area contributed by atoms with Crippen LogP contribution in [0.15, 0.2) is 35.4 Å². The molecule has 1 saturated carbocycles. The monoisotopic (exact) mass is 414 g/mol. The Morgan fingerprint density at radius 3 is 2.55 bits per heavy atom. The molecule has 1 aromatic carbocycles. The van der Waals surface area contributed by atoms with Gasteiger partial charge in [0.05, 0.1) is 6.04 Å². The van der Waals surface area contributed by atoms with Gasteiger partial charge in [0.2, 0.25) is 0 Å². The third-order valence-corrected chi connectivity index (χ3v) is 3.97. The first-order valence-corrected chi connectivity index (χ1v) is 8.21. The predicted molar refractivity (Wildman–Crippen MR) is 88.0 cm³/mol. The van der Waals surface area contributed by atoms with Gasteiger partial charge in [-0.15, -0.1) is 0 Å². The number of hydrogen-bond acceptors (Lipinski definition) is 7. The van der Waals surface area contributed by atoms with Gasteiger partial charge in [-0.25, -0.2) is 18.9 Å². The summed E-state index contributed by atoms with van der Waals surface area (Å²) in [6.07, 6.45) is -0.132. The van der Waals surface area contributed by atoms with Crippen LogP contribution in [0.5, 0.6) is 0 Å². The smallest absolute Gasteiger partial charge is 0.475 e. The number of carboxylic acid groups (broad SMARTS) is 1. The zero-order chi connectivity index (χ0) is 21.2. The summed E-state index contributed by atoms with van der Waals surface area (Å²) in [6.45, 7) is 0. The van der Waals surface area contributed by atoms with Gasteiger partial charge >= 0.3 is 12.1 Å². The van der Waals surface area contributed by atoms with Crippen molar-refractivity contribution in [3.63, 3.8) is 0 Å². The lowest BCUT2D eigenvalue weighted by atomic mass is 10.2. The third-order valence-electron chi connectivity index (χ3n) is 3.97. The van der Waals surface area contributed by atoms with Gasteiger partial charge in [-0.1, -0.05) is 5.16 Å². The minimum atomic E-state index is -5.08. The van der Waals surface area contributed by atoms with Gasteiger partial charge < -0.3 is 15.4 Å². The van der Waals surface area contributed by atoms with Gasteiger partial charge in [-0.05, 0) is 37.0 Å². The second kappa shape index (κ2) is 7.95. The fourth-order valence-corrected chi connectivity index (χ4v) is 2.31. The molecule has 0 amide bonds. The molecule has 0 spiro atoms. The zero-order valence-electron chi connectivity index (χ0n) is 14.5. The normalized spacial score (nSPS) is 14.8. The first kappa shape index (κ1) is 20.4. The van der Waals surface area contributed by atoms with E-state index in [2.05, 4.69) is 20.2 Å². The lowest BCUT2D eigenvalue weighted by molar-refractivity contribution is -0.192. The topological polar surface area (TPSA) is 133 Å². The van der Waals surface area contributed by atoms with Crippen LogP contribution in [0.2, 0.25) is 0 Å². The second-order valence-corrected chi connectivity index (χ2v) is 6.13. The molecule has 9 nitrogen and oxygen atoms in total. The SMILES string of the molecule is NC(c1noc(-c2ccc(-n3cncn3)c(F)c2)n1)C1CC1.O=C(O)C(F)(F)F. The molecule has 0 radical (unpaired) electrons. The number of halogens is 4. The largest absolute Gasteiger partial charge is 0.490 e. The Hall–Kier alpha value is -3.35. The molecule has 1 aliphatic carbocycles. The average Bonchev–Trinajstić information content (AvgIpc) is 3.16. The van der Waals surface area contributed by atoms with E-state index >= 15 is 0 Å². The Labute approximate surface area is 160 Å². The third kappa shape index (κ3) is 4.93. The number of hydrogen-bond donors (Lipinski definition) is 2. The quantitative estimate of drug-likeness (QED) is 0.622. The van der Waals surface area contributed by atoms with E-state index in [-0.39, 0.29) is 11.9 Å². The Morgan fingerprint density at radius 2 is 2.03 bits per heavy atom. The van der Waals surface area contributed by atoms with Gasteiger partial charge in [-0.3, -0.25) is 0 Å². The van der Waals surface area contributed by atoms with Crippen LogP contribution in [-0.4, -0.2) is 42.2 Å². The van der Waals surface area contributed by atoms with Crippen molar-refractivity contribution >= 4 is 5.97 Å². The molecule has 2 aromatic heterocycles. The van der Waals surface area contributed by atoms with Crippen molar-refractivity contribution in [3.8, 4) is 17.1 Å². The number of nitrogens with zero attached hydrogens (tertiary/aromatic N) is 5. The Kier molecular flexibility index (Phi) is 5.59. The van der Waals surface area contributed by atoms with Crippen LogP contribution in [0.25, 0.3) is 17.1 Å². The van der Waals surface area contributed by atoms with E-state index in [4.69, 9.17) is 20.2 Å². The summed E-state index contributed by atoms with van der Waals surface area (Å²) >= 11 is 0. The molecule has 3 aromatic rings. The second-order valence-electron chi connectivity index (χ2n) is 6.13. The molecule has 154 valence electrons. The number of aromatic nitrogens is 5. The minimum Gasteiger partial charge on any atom is -0.475 e. The number of nitrogens with two attached hydrogens (primary N) is 1. The summed E-state index contributed by atoms with van der Waals surface area (Å²) in [5.41, 5.74) is 6.84. The summed E-state index contributed by atoms with van der Waals surface area (Å²) < 4.78 is 52.5. The number of rotatable bonds is 4. The molecular formula is C16H14F4N6O3. The molecule has 3 N–H and O–H groups in total. The summed E-state index contributed by atoms with van der Waals surface area (Å²) in [4.78, 5) is 17.0. The van der Waals surface area contributed by atoms with Crippen LogP contribution in [0, 0.1) is 11.7 Å². The number of carbonyl (C=O) groups is 1. The number of benzene rings is 1. The first-order valence-electron chi connectivity index (χ1n) is 8.21. The van der Waals surface area contributed by atoms with Crippen molar-refractivity contribution in [2.45, 2.75) is 25.1 Å². The van der Waals surface area contributed by atoms with Crippen molar-refractivity contribution in [2.24, 2.45) is 11.7 Å². The number of carboxylic acids is 1. The Balaban J connectivity index is 0.000000298. The predicted octanol–water partition coefficient (Wildman–Crippen LogP) is 2.50. The fourth-order valence-electron chi connectivity index (χ4n) is 2.31. The first-order chi connectivity index (χ1) is 13.7. The number of alkyl halides is 3. The molecule has 13 heteroatoms. The van der Waals surface area contributed by atoms with Gasteiger partial charge in [0.1, 0.15) is 24.2 Å². The Morgan fingerprint density at radius 1 is 1.34 bits per heavy atom. The molecule has 0 aliphatic heterocycles. The van der Waals surface area contributed by atoms with Crippen LogP contribution in [0.3, 0.4) is 0 Å². The maximum Gasteiger partial charge on any atom is 0.490 e. The Bertz CT molecular complexity index is 985. The highest BCUT2D eigenvalue weighted by Gasteiger charge is 2.38. The fraction of sp³-hybridized carbons (Fsp3) is 0.312. The van der Waals surface area contributed by atoms with Gasteiger partial charge in [0.25, 0.3) is 5.89 Å². The van der Waals surface area contributed by atoms with E-state index in [0.717, 1.165) is 12.8 Å². The average molecular weight is 414 g/mol. The van der Waals surface area contributed by atoms with Crippen LogP contribution in [-0.2, 0) is 4.79 Å². The van der Waals surface area contributed by atoms with Crippen molar-refractivity contribution in [3.05, 3.63) is 42.5 Å². The van der Waals surface area contributed by atoms with Crippen LogP contribution >= 0.6 is 0 Å². The van der Waals surface area contributed by atoms with E-state index in [1.165, 1.54) is 23.4 Å². The highest BCUT2D eigenvalue weighted by Crippen LogP contribution is 2.38. The van der Waals surface area contributed by atoms with E-state index in [1.807, 2.05) is 0 Å².